The van der Waals surface area contributed by atoms with Crippen LogP contribution in [0.15, 0.2) is 12.2 Å². The molecule has 2 bridgehead atoms. The van der Waals surface area contributed by atoms with Crippen LogP contribution in [0, 0.1) is 23.7 Å². The minimum absolute atomic E-state index is 0.582. The predicted molar refractivity (Wildman–Crippen MR) is 59.1 cm³/mol. The summed E-state index contributed by atoms with van der Waals surface area (Å²) in [4.78, 5) is 0. The van der Waals surface area contributed by atoms with Crippen molar-refractivity contribution in [2.45, 2.75) is 39.2 Å². The quantitative estimate of drug-likeness (QED) is 0.582. The molecule has 2 saturated carbocycles. The van der Waals surface area contributed by atoms with E-state index >= 15 is 0 Å². The smallest absolute Gasteiger partial charge is 0.0608 e. The third kappa shape index (κ3) is 1.33. The third-order valence-corrected chi connectivity index (χ3v) is 4.25. The summed E-state index contributed by atoms with van der Waals surface area (Å²) in [6.45, 7) is 4.00. The van der Waals surface area contributed by atoms with Crippen LogP contribution in [0.25, 0.3) is 0 Å². The van der Waals surface area contributed by atoms with Gasteiger partial charge in [-0.05, 0) is 42.9 Å². The molecule has 0 aromatic heterocycles. The highest BCUT2D eigenvalue weighted by Gasteiger charge is 2.52. The number of fused-ring (bicyclic) bond motifs is 5. The lowest BCUT2D eigenvalue weighted by molar-refractivity contribution is 0.0300. The van der Waals surface area contributed by atoms with Gasteiger partial charge in [0.15, 0.2) is 0 Å². The number of hydrogen-bond donors (Lipinski definition) is 0. The van der Waals surface area contributed by atoms with Crippen molar-refractivity contribution in [1.29, 1.82) is 0 Å². The molecule has 0 amide bonds. The van der Waals surface area contributed by atoms with Crippen LogP contribution in [-0.4, -0.2) is 13.2 Å². The van der Waals surface area contributed by atoms with Gasteiger partial charge in [0, 0.05) is 7.11 Å². The molecule has 0 aliphatic heterocycles. The van der Waals surface area contributed by atoms with Gasteiger partial charge in [0.1, 0.15) is 0 Å². The van der Waals surface area contributed by atoms with E-state index < -0.39 is 0 Å². The van der Waals surface area contributed by atoms with Crippen molar-refractivity contribution in [2.75, 3.05) is 7.11 Å². The zero-order valence-electron chi connectivity index (χ0n) is 9.57. The molecule has 0 heterocycles. The van der Waals surface area contributed by atoms with Gasteiger partial charge in [0.25, 0.3) is 0 Å². The Balaban J connectivity index is 0.000000354. The Morgan fingerprint density at radius 2 is 1.93 bits per heavy atom. The summed E-state index contributed by atoms with van der Waals surface area (Å²) >= 11 is 0. The Morgan fingerprint density at radius 1 is 1.14 bits per heavy atom. The Hall–Kier alpha value is -0.300. The SMILES string of the molecule is CC.COC1CC2CC1C1C=CCC21. The average molecular weight is 194 g/mol. The summed E-state index contributed by atoms with van der Waals surface area (Å²) in [7, 11) is 1.87. The van der Waals surface area contributed by atoms with E-state index in [4.69, 9.17) is 4.74 Å². The molecule has 5 atom stereocenters. The fourth-order valence-electron chi connectivity index (χ4n) is 3.76. The molecule has 1 heteroatoms. The van der Waals surface area contributed by atoms with E-state index in [2.05, 4.69) is 12.2 Å². The fourth-order valence-corrected chi connectivity index (χ4v) is 3.76. The van der Waals surface area contributed by atoms with E-state index in [9.17, 15) is 0 Å². The average Bonchev–Trinajstić information content (AvgIpc) is 2.92. The summed E-state index contributed by atoms with van der Waals surface area (Å²) in [5.74, 6) is 3.73. The summed E-state index contributed by atoms with van der Waals surface area (Å²) in [5.41, 5.74) is 0. The second-order valence-corrected chi connectivity index (χ2v) is 4.57. The van der Waals surface area contributed by atoms with Gasteiger partial charge in [0.05, 0.1) is 6.10 Å². The molecule has 5 unspecified atom stereocenters. The number of rotatable bonds is 1. The Bertz CT molecular complexity index is 221. The van der Waals surface area contributed by atoms with Crippen LogP contribution in [0.5, 0.6) is 0 Å². The van der Waals surface area contributed by atoms with E-state index in [-0.39, 0.29) is 0 Å². The zero-order chi connectivity index (χ0) is 10.1. The third-order valence-electron chi connectivity index (χ3n) is 4.25. The minimum Gasteiger partial charge on any atom is -0.381 e. The van der Waals surface area contributed by atoms with Crippen molar-refractivity contribution in [1.82, 2.24) is 0 Å². The van der Waals surface area contributed by atoms with Crippen molar-refractivity contribution in [3.05, 3.63) is 12.2 Å². The van der Waals surface area contributed by atoms with Crippen LogP contribution in [0.4, 0.5) is 0 Å². The molecule has 3 rings (SSSR count). The van der Waals surface area contributed by atoms with Gasteiger partial charge in [0.2, 0.25) is 0 Å². The van der Waals surface area contributed by atoms with E-state index in [1.54, 1.807) is 0 Å². The largest absolute Gasteiger partial charge is 0.381 e. The molecule has 1 nitrogen and oxygen atoms in total. The normalized spacial score (nSPS) is 47.5. The van der Waals surface area contributed by atoms with Crippen molar-refractivity contribution in [2.24, 2.45) is 23.7 Å². The van der Waals surface area contributed by atoms with Crippen LogP contribution in [0.1, 0.15) is 33.1 Å². The first-order valence-electron chi connectivity index (χ1n) is 6.09. The van der Waals surface area contributed by atoms with Crippen molar-refractivity contribution >= 4 is 0 Å². The maximum absolute atomic E-state index is 5.52. The van der Waals surface area contributed by atoms with Crippen LogP contribution >= 0.6 is 0 Å². The lowest BCUT2D eigenvalue weighted by Crippen LogP contribution is -2.29. The Labute approximate surface area is 87.5 Å². The van der Waals surface area contributed by atoms with Crippen molar-refractivity contribution in [3.8, 4) is 0 Å². The van der Waals surface area contributed by atoms with E-state index in [0.29, 0.717) is 6.10 Å². The molecule has 3 aliphatic carbocycles. The fraction of sp³-hybridized carbons (Fsp3) is 0.846. The van der Waals surface area contributed by atoms with Crippen molar-refractivity contribution in [3.63, 3.8) is 0 Å². The van der Waals surface area contributed by atoms with Crippen LogP contribution in [0.3, 0.4) is 0 Å². The van der Waals surface area contributed by atoms with Gasteiger partial charge < -0.3 is 4.74 Å². The van der Waals surface area contributed by atoms with Gasteiger partial charge in [-0.1, -0.05) is 26.0 Å². The van der Waals surface area contributed by atoms with E-state index in [1.807, 2.05) is 21.0 Å². The lowest BCUT2D eigenvalue weighted by atomic mass is 9.80. The molecule has 0 aromatic rings. The van der Waals surface area contributed by atoms with Gasteiger partial charge in [-0.25, -0.2) is 0 Å². The molecule has 3 aliphatic rings. The summed E-state index contributed by atoms with van der Waals surface area (Å²) < 4.78 is 5.52. The molecular weight excluding hydrogens is 172 g/mol. The summed E-state index contributed by atoms with van der Waals surface area (Å²) in [5, 5.41) is 0. The first kappa shape index (κ1) is 10.2. The summed E-state index contributed by atoms with van der Waals surface area (Å²) in [6, 6.07) is 0. The Kier molecular flexibility index (Phi) is 2.96. The molecule has 14 heavy (non-hydrogen) atoms. The van der Waals surface area contributed by atoms with Crippen LogP contribution < -0.4 is 0 Å². The minimum atomic E-state index is 0.582. The molecule has 0 N–H and O–H groups in total. The molecule has 0 aromatic carbocycles. The maximum Gasteiger partial charge on any atom is 0.0608 e. The summed E-state index contributed by atoms with van der Waals surface area (Å²) in [6.07, 6.45) is 9.54. The topological polar surface area (TPSA) is 9.23 Å². The standard InChI is InChI=1S/C11H16O.C2H6/c1-12-11-6-7-5-10(11)9-4-2-3-8(7)9;1-2/h2,4,7-11H,3,5-6H2,1H3;1-2H3. The van der Waals surface area contributed by atoms with Gasteiger partial charge in [-0.3, -0.25) is 0 Å². The van der Waals surface area contributed by atoms with E-state index in [0.717, 1.165) is 23.7 Å². The number of hydrogen-bond acceptors (Lipinski definition) is 1. The lowest BCUT2D eigenvalue weighted by Gasteiger charge is -2.30. The molecule has 2 fully saturated rings. The molecule has 0 spiro atoms. The highest BCUT2D eigenvalue weighted by Crippen LogP contribution is 2.56. The highest BCUT2D eigenvalue weighted by molar-refractivity contribution is 5.14. The molecule has 0 saturated heterocycles. The molecule has 0 radical (unpaired) electrons. The predicted octanol–water partition coefficient (Wildman–Crippen LogP) is 3.26. The Morgan fingerprint density at radius 3 is 2.64 bits per heavy atom. The van der Waals surface area contributed by atoms with Gasteiger partial charge in [-0.15, -0.1) is 0 Å². The first-order chi connectivity index (χ1) is 6.90. The van der Waals surface area contributed by atoms with E-state index in [1.165, 1.54) is 19.3 Å². The number of allylic oxidation sites excluding steroid dienone is 2. The van der Waals surface area contributed by atoms with Gasteiger partial charge in [-0.2, -0.15) is 0 Å². The second-order valence-electron chi connectivity index (χ2n) is 4.57. The molecule has 80 valence electrons. The van der Waals surface area contributed by atoms with Crippen LogP contribution in [0.2, 0.25) is 0 Å². The molecular formula is C13H22O. The maximum atomic E-state index is 5.52. The monoisotopic (exact) mass is 194 g/mol. The second kappa shape index (κ2) is 4.06. The van der Waals surface area contributed by atoms with Gasteiger partial charge >= 0.3 is 0 Å². The number of ether oxygens (including phenoxy) is 1. The first-order valence-corrected chi connectivity index (χ1v) is 6.09. The highest BCUT2D eigenvalue weighted by atomic mass is 16.5. The van der Waals surface area contributed by atoms with Crippen LogP contribution in [-0.2, 0) is 4.74 Å². The van der Waals surface area contributed by atoms with Crippen molar-refractivity contribution < 1.29 is 4.74 Å². The zero-order valence-corrected chi connectivity index (χ0v) is 9.57. The number of methoxy groups -OCH3 is 1.